The van der Waals surface area contributed by atoms with Crippen LogP contribution in [0.15, 0.2) is 24.3 Å². The molecule has 102 valence electrons. The van der Waals surface area contributed by atoms with Crippen molar-refractivity contribution in [3.05, 3.63) is 29.8 Å². The van der Waals surface area contributed by atoms with Crippen molar-refractivity contribution in [3.63, 3.8) is 0 Å². The first-order valence-corrected chi connectivity index (χ1v) is 7.69. The van der Waals surface area contributed by atoms with Gasteiger partial charge in [0, 0.05) is 18.5 Å². The van der Waals surface area contributed by atoms with Crippen LogP contribution in [0.25, 0.3) is 0 Å². The van der Waals surface area contributed by atoms with Crippen LogP contribution < -0.4 is 4.74 Å². The number of halogens is 1. The summed E-state index contributed by atoms with van der Waals surface area (Å²) in [5.41, 5.74) is 1.28. The quantitative estimate of drug-likeness (QED) is 0.505. The molecule has 0 radical (unpaired) electrons. The summed E-state index contributed by atoms with van der Waals surface area (Å²) in [7, 11) is 1.73. The Morgan fingerprint density at radius 3 is 2.67 bits per heavy atom. The van der Waals surface area contributed by atoms with Crippen molar-refractivity contribution in [2.45, 2.75) is 26.2 Å². The number of hydrogen-bond acceptors (Lipinski definition) is 2. The molecule has 0 saturated heterocycles. The molecule has 1 rings (SSSR count). The summed E-state index contributed by atoms with van der Waals surface area (Å²) in [4.78, 5) is 0. The van der Waals surface area contributed by atoms with Gasteiger partial charge in [-0.05, 0) is 36.8 Å². The van der Waals surface area contributed by atoms with Gasteiger partial charge in [0.1, 0.15) is 5.75 Å². The standard InChI is InChI=1S/C15H23BrO2/c1-3-9-18-10-8-13(12-16)11-14-6-4-5-7-15(14)17-2/h4-7,13H,3,8-12H2,1-2H3. The van der Waals surface area contributed by atoms with Crippen LogP contribution in [0.3, 0.4) is 0 Å². The lowest BCUT2D eigenvalue weighted by molar-refractivity contribution is 0.123. The lowest BCUT2D eigenvalue weighted by Crippen LogP contribution is -2.11. The van der Waals surface area contributed by atoms with Gasteiger partial charge in [0.15, 0.2) is 0 Å². The van der Waals surface area contributed by atoms with E-state index in [0.29, 0.717) is 5.92 Å². The van der Waals surface area contributed by atoms with Crippen molar-refractivity contribution in [1.29, 1.82) is 0 Å². The molecule has 1 unspecified atom stereocenters. The van der Waals surface area contributed by atoms with Gasteiger partial charge in [-0.1, -0.05) is 41.1 Å². The lowest BCUT2D eigenvalue weighted by Gasteiger charge is -2.16. The van der Waals surface area contributed by atoms with Crippen LogP contribution in [0, 0.1) is 5.92 Å². The first-order chi connectivity index (χ1) is 8.81. The number of benzene rings is 1. The van der Waals surface area contributed by atoms with Crippen LogP contribution in [0.4, 0.5) is 0 Å². The molecule has 3 heteroatoms. The van der Waals surface area contributed by atoms with E-state index >= 15 is 0 Å². The SMILES string of the molecule is CCCOCCC(CBr)Cc1ccccc1OC. The number of hydrogen-bond donors (Lipinski definition) is 0. The van der Waals surface area contributed by atoms with Gasteiger partial charge in [-0.15, -0.1) is 0 Å². The first kappa shape index (κ1) is 15.5. The Kier molecular flexibility index (Phi) is 8.10. The summed E-state index contributed by atoms with van der Waals surface area (Å²) in [6, 6.07) is 8.24. The van der Waals surface area contributed by atoms with Gasteiger partial charge in [-0.2, -0.15) is 0 Å². The van der Waals surface area contributed by atoms with E-state index in [-0.39, 0.29) is 0 Å². The molecule has 0 amide bonds. The second-order valence-electron chi connectivity index (χ2n) is 4.44. The summed E-state index contributed by atoms with van der Waals surface area (Å²) in [6.45, 7) is 3.85. The Bertz CT molecular complexity index is 328. The lowest BCUT2D eigenvalue weighted by atomic mass is 9.98. The Hall–Kier alpha value is -0.540. The highest BCUT2D eigenvalue weighted by molar-refractivity contribution is 9.09. The molecule has 0 aliphatic heterocycles. The third-order valence-electron chi connectivity index (χ3n) is 2.94. The maximum absolute atomic E-state index is 5.56. The molecule has 0 aliphatic carbocycles. The Balaban J connectivity index is 2.46. The van der Waals surface area contributed by atoms with Crippen LogP contribution in [-0.4, -0.2) is 25.7 Å². The molecule has 0 bridgehead atoms. The normalized spacial score (nSPS) is 12.4. The predicted octanol–water partition coefficient (Wildman–Crippen LogP) is 4.07. The van der Waals surface area contributed by atoms with Crippen molar-refractivity contribution in [3.8, 4) is 5.75 Å². The first-order valence-electron chi connectivity index (χ1n) is 6.57. The molecular weight excluding hydrogens is 292 g/mol. The highest BCUT2D eigenvalue weighted by atomic mass is 79.9. The topological polar surface area (TPSA) is 18.5 Å². The summed E-state index contributed by atoms with van der Waals surface area (Å²) in [5.74, 6) is 1.58. The second-order valence-corrected chi connectivity index (χ2v) is 5.08. The number of methoxy groups -OCH3 is 1. The minimum Gasteiger partial charge on any atom is -0.496 e. The van der Waals surface area contributed by atoms with E-state index < -0.39 is 0 Å². The molecule has 0 spiro atoms. The van der Waals surface area contributed by atoms with Crippen LogP contribution in [0.2, 0.25) is 0 Å². The molecule has 2 nitrogen and oxygen atoms in total. The molecule has 0 aliphatic rings. The van der Waals surface area contributed by atoms with E-state index in [1.165, 1.54) is 5.56 Å². The highest BCUT2D eigenvalue weighted by Crippen LogP contribution is 2.23. The summed E-state index contributed by atoms with van der Waals surface area (Å²) in [5, 5.41) is 1.00. The van der Waals surface area contributed by atoms with E-state index in [1.54, 1.807) is 7.11 Å². The van der Waals surface area contributed by atoms with Crippen LogP contribution in [0.1, 0.15) is 25.3 Å². The van der Waals surface area contributed by atoms with Gasteiger partial charge in [-0.25, -0.2) is 0 Å². The van der Waals surface area contributed by atoms with Crippen LogP contribution >= 0.6 is 15.9 Å². The average Bonchev–Trinajstić information content (AvgIpc) is 2.42. The smallest absolute Gasteiger partial charge is 0.122 e. The maximum atomic E-state index is 5.56. The summed E-state index contributed by atoms with van der Waals surface area (Å²) < 4.78 is 10.9. The van der Waals surface area contributed by atoms with Crippen molar-refractivity contribution < 1.29 is 9.47 Å². The molecule has 0 N–H and O–H groups in total. The van der Waals surface area contributed by atoms with Crippen molar-refractivity contribution in [1.82, 2.24) is 0 Å². The fraction of sp³-hybridized carbons (Fsp3) is 0.600. The molecule has 1 aromatic carbocycles. The zero-order valence-corrected chi connectivity index (χ0v) is 12.9. The van der Waals surface area contributed by atoms with E-state index in [4.69, 9.17) is 9.47 Å². The van der Waals surface area contributed by atoms with Crippen molar-refractivity contribution in [2.75, 3.05) is 25.7 Å². The van der Waals surface area contributed by atoms with E-state index in [0.717, 1.165) is 43.6 Å². The zero-order valence-electron chi connectivity index (χ0n) is 11.3. The largest absolute Gasteiger partial charge is 0.496 e. The van der Waals surface area contributed by atoms with Crippen molar-refractivity contribution in [2.24, 2.45) is 5.92 Å². The summed E-state index contributed by atoms with van der Waals surface area (Å²) >= 11 is 3.59. The third kappa shape index (κ3) is 5.40. The van der Waals surface area contributed by atoms with E-state index in [9.17, 15) is 0 Å². The minimum absolute atomic E-state index is 0.596. The molecule has 1 atom stereocenters. The number of ether oxygens (including phenoxy) is 2. The zero-order chi connectivity index (χ0) is 13.2. The second kappa shape index (κ2) is 9.40. The Labute approximate surface area is 119 Å². The van der Waals surface area contributed by atoms with Gasteiger partial charge in [0.25, 0.3) is 0 Å². The molecule has 0 fully saturated rings. The van der Waals surface area contributed by atoms with Gasteiger partial charge >= 0.3 is 0 Å². The number of rotatable bonds is 9. The highest BCUT2D eigenvalue weighted by Gasteiger charge is 2.11. The molecule has 0 aromatic heterocycles. The van der Waals surface area contributed by atoms with Crippen molar-refractivity contribution >= 4 is 15.9 Å². The van der Waals surface area contributed by atoms with Crippen LogP contribution in [-0.2, 0) is 11.2 Å². The molecule has 1 aromatic rings. The van der Waals surface area contributed by atoms with E-state index in [1.807, 2.05) is 12.1 Å². The van der Waals surface area contributed by atoms with E-state index in [2.05, 4.69) is 35.0 Å². The van der Waals surface area contributed by atoms with Crippen LogP contribution in [0.5, 0.6) is 5.75 Å². The molecule has 0 saturated carbocycles. The average molecular weight is 315 g/mol. The summed E-state index contributed by atoms with van der Waals surface area (Å²) in [6.07, 6.45) is 3.21. The molecule has 18 heavy (non-hydrogen) atoms. The third-order valence-corrected chi connectivity index (χ3v) is 3.85. The molecule has 0 heterocycles. The maximum Gasteiger partial charge on any atom is 0.122 e. The Morgan fingerprint density at radius 2 is 2.00 bits per heavy atom. The monoisotopic (exact) mass is 314 g/mol. The fourth-order valence-corrected chi connectivity index (χ4v) is 2.47. The number of alkyl halides is 1. The fourth-order valence-electron chi connectivity index (χ4n) is 1.91. The Morgan fingerprint density at radius 1 is 1.22 bits per heavy atom. The minimum atomic E-state index is 0.596. The predicted molar refractivity (Wildman–Crippen MR) is 79.7 cm³/mol. The van der Waals surface area contributed by atoms with Gasteiger partial charge in [0.2, 0.25) is 0 Å². The van der Waals surface area contributed by atoms with Gasteiger partial charge < -0.3 is 9.47 Å². The number of para-hydroxylation sites is 1. The van der Waals surface area contributed by atoms with Gasteiger partial charge in [-0.3, -0.25) is 0 Å². The van der Waals surface area contributed by atoms with Gasteiger partial charge in [0.05, 0.1) is 7.11 Å². The molecular formula is C15H23BrO2.